The predicted octanol–water partition coefficient (Wildman–Crippen LogP) is 0.812. The molecule has 98 valence electrons. The van der Waals surface area contributed by atoms with Crippen molar-refractivity contribution < 1.29 is 4.79 Å². The van der Waals surface area contributed by atoms with Crippen molar-refractivity contribution >= 4 is 5.91 Å². The third-order valence-electron chi connectivity index (χ3n) is 4.12. The molecule has 0 unspecified atom stereocenters. The topological polar surface area (TPSA) is 49.6 Å². The smallest absolute Gasteiger partial charge is 0.223 e. The summed E-state index contributed by atoms with van der Waals surface area (Å²) in [6.45, 7) is 4.38. The average molecular weight is 239 g/mol. The van der Waals surface area contributed by atoms with Crippen molar-refractivity contribution in [3.63, 3.8) is 0 Å². The van der Waals surface area contributed by atoms with Gasteiger partial charge in [0.25, 0.3) is 0 Å². The van der Waals surface area contributed by atoms with Crippen molar-refractivity contribution in [1.29, 1.82) is 0 Å². The van der Waals surface area contributed by atoms with Crippen LogP contribution in [0, 0.1) is 0 Å². The molecule has 0 aromatic rings. The van der Waals surface area contributed by atoms with Crippen LogP contribution in [-0.4, -0.2) is 54.5 Å². The summed E-state index contributed by atoms with van der Waals surface area (Å²) in [6.07, 6.45) is 7.40. The highest BCUT2D eigenvalue weighted by molar-refractivity contribution is 5.76. The Kier molecular flexibility index (Phi) is 4.80. The van der Waals surface area contributed by atoms with Crippen LogP contribution < -0.4 is 5.73 Å². The van der Waals surface area contributed by atoms with Crippen LogP contribution in [0.2, 0.25) is 0 Å². The summed E-state index contributed by atoms with van der Waals surface area (Å²) in [4.78, 5) is 16.3. The van der Waals surface area contributed by atoms with Gasteiger partial charge in [0, 0.05) is 45.2 Å². The van der Waals surface area contributed by atoms with E-state index in [-0.39, 0.29) is 5.91 Å². The second kappa shape index (κ2) is 6.36. The molecule has 2 N–H and O–H groups in total. The fourth-order valence-corrected chi connectivity index (χ4v) is 3.06. The van der Waals surface area contributed by atoms with Gasteiger partial charge in [0.2, 0.25) is 5.91 Å². The van der Waals surface area contributed by atoms with Crippen molar-refractivity contribution in [2.75, 3.05) is 32.7 Å². The molecule has 2 aliphatic rings. The van der Waals surface area contributed by atoms with Gasteiger partial charge in [-0.3, -0.25) is 9.69 Å². The van der Waals surface area contributed by atoms with Gasteiger partial charge >= 0.3 is 0 Å². The highest BCUT2D eigenvalue weighted by Gasteiger charge is 2.26. The first-order valence-corrected chi connectivity index (χ1v) is 7.03. The Balaban J connectivity index is 1.75. The van der Waals surface area contributed by atoms with Crippen LogP contribution in [0.4, 0.5) is 0 Å². The first-order chi connectivity index (χ1) is 8.31. The highest BCUT2D eigenvalue weighted by atomic mass is 16.2. The molecule has 2 fully saturated rings. The summed E-state index contributed by atoms with van der Waals surface area (Å²) in [5.74, 6) is 0.232. The SMILES string of the molecule is NCCC(=O)N1CCN(C2CCCCC2)CC1. The van der Waals surface area contributed by atoms with Gasteiger partial charge in [0.1, 0.15) is 0 Å². The summed E-state index contributed by atoms with van der Waals surface area (Å²) in [7, 11) is 0. The molecule has 2 rings (SSSR count). The Morgan fingerprint density at radius 1 is 1.06 bits per heavy atom. The Hall–Kier alpha value is -0.610. The summed E-state index contributed by atoms with van der Waals surface area (Å²) in [5, 5.41) is 0. The maximum absolute atomic E-state index is 11.7. The van der Waals surface area contributed by atoms with Crippen LogP contribution in [0.1, 0.15) is 38.5 Å². The Bertz CT molecular complexity index is 243. The monoisotopic (exact) mass is 239 g/mol. The van der Waals surface area contributed by atoms with E-state index >= 15 is 0 Å². The molecule has 0 spiro atoms. The Morgan fingerprint density at radius 3 is 2.29 bits per heavy atom. The van der Waals surface area contributed by atoms with Gasteiger partial charge in [-0.05, 0) is 12.8 Å². The van der Waals surface area contributed by atoms with Gasteiger partial charge in [-0.25, -0.2) is 0 Å². The molecule has 0 radical (unpaired) electrons. The van der Waals surface area contributed by atoms with Gasteiger partial charge in [0.05, 0.1) is 0 Å². The molecule has 1 heterocycles. The molecule has 0 atom stereocenters. The lowest BCUT2D eigenvalue weighted by molar-refractivity contribution is -0.133. The van der Waals surface area contributed by atoms with Crippen LogP contribution in [-0.2, 0) is 4.79 Å². The zero-order chi connectivity index (χ0) is 12.1. The molecule has 0 bridgehead atoms. The molecule has 0 aromatic carbocycles. The molecule has 0 aromatic heterocycles. The molecular weight excluding hydrogens is 214 g/mol. The van der Waals surface area contributed by atoms with Crippen molar-refractivity contribution in [3.05, 3.63) is 0 Å². The van der Waals surface area contributed by atoms with E-state index < -0.39 is 0 Å². The van der Waals surface area contributed by atoms with Crippen LogP contribution in [0.15, 0.2) is 0 Å². The second-order valence-electron chi connectivity index (χ2n) is 5.25. The lowest BCUT2D eigenvalue weighted by Crippen LogP contribution is -2.52. The standard InChI is InChI=1S/C13H25N3O/c14-7-6-13(17)16-10-8-15(9-11-16)12-4-2-1-3-5-12/h12H,1-11,14H2. The van der Waals surface area contributed by atoms with E-state index in [2.05, 4.69) is 4.90 Å². The molecule has 4 nitrogen and oxygen atoms in total. The molecule has 1 saturated carbocycles. The van der Waals surface area contributed by atoms with Gasteiger partial charge in [-0.2, -0.15) is 0 Å². The third-order valence-corrected chi connectivity index (χ3v) is 4.12. The van der Waals surface area contributed by atoms with Gasteiger partial charge in [-0.15, -0.1) is 0 Å². The van der Waals surface area contributed by atoms with Crippen LogP contribution in [0.3, 0.4) is 0 Å². The number of rotatable bonds is 3. The Morgan fingerprint density at radius 2 is 1.71 bits per heavy atom. The highest BCUT2D eigenvalue weighted by Crippen LogP contribution is 2.23. The van der Waals surface area contributed by atoms with E-state index in [9.17, 15) is 4.79 Å². The summed E-state index contributed by atoms with van der Waals surface area (Å²) >= 11 is 0. The maximum Gasteiger partial charge on any atom is 0.223 e. The van der Waals surface area contributed by atoms with Gasteiger partial charge in [0.15, 0.2) is 0 Å². The number of piperazine rings is 1. The second-order valence-corrected chi connectivity index (χ2v) is 5.25. The van der Waals surface area contributed by atoms with Crippen molar-refractivity contribution in [1.82, 2.24) is 9.80 Å². The fourth-order valence-electron chi connectivity index (χ4n) is 3.06. The van der Waals surface area contributed by atoms with Gasteiger partial charge < -0.3 is 10.6 Å². The number of hydrogen-bond acceptors (Lipinski definition) is 3. The van der Waals surface area contributed by atoms with Crippen LogP contribution in [0.5, 0.6) is 0 Å². The number of hydrogen-bond donors (Lipinski definition) is 1. The van der Waals surface area contributed by atoms with Crippen molar-refractivity contribution in [3.8, 4) is 0 Å². The molecule has 1 aliphatic heterocycles. The largest absolute Gasteiger partial charge is 0.340 e. The minimum atomic E-state index is 0.232. The quantitative estimate of drug-likeness (QED) is 0.793. The first kappa shape index (κ1) is 12.8. The molecule has 1 saturated heterocycles. The minimum absolute atomic E-state index is 0.232. The van der Waals surface area contributed by atoms with E-state index in [0.29, 0.717) is 13.0 Å². The average Bonchev–Trinajstić information content (AvgIpc) is 2.40. The van der Waals surface area contributed by atoms with E-state index in [0.717, 1.165) is 32.2 Å². The van der Waals surface area contributed by atoms with E-state index in [1.54, 1.807) is 0 Å². The molecule has 4 heteroatoms. The summed E-state index contributed by atoms with van der Waals surface area (Å²) in [6, 6.07) is 0.788. The van der Waals surface area contributed by atoms with Crippen LogP contribution >= 0.6 is 0 Å². The van der Waals surface area contributed by atoms with Crippen molar-refractivity contribution in [2.45, 2.75) is 44.6 Å². The molecule has 1 amide bonds. The van der Waals surface area contributed by atoms with Crippen LogP contribution in [0.25, 0.3) is 0 Å². The first-order valence-electron chi connectivity index (χ1n) is 7.03. The molecular formula is C13H25N3O. The van der Waals surface area contributed by atoms with Gasteiger partial charge in [-0.1, -0.05) is 19.3 Å². The molecule has 1 aliphatic carbocycles. The number of amides is 1. The zero-order valence-corrected chi connectivity index (χ0v) is 10.7. The lowest BCUT2D eigenvalue weighted by Gasteiger charge is -2.40. The third kappa shape index (κ3) is 3.42. The predicted molar refractivity (Wildman–Crippen MR) is 68.7 cm³/mol. The van der Waals surface area contributed by atoms with E-state index in [1.807, 2.05) is 4.90 Å². The Labute approximate surface area is 104 Å². The normalized spacial score (nSPS) is 23.9. The number of nitrogens with two attached hydrogens (primary N) is 1. The summed E-state index contributed by atoms with van der Waals surface area (Å²) in [5.41, 5.74) is 5.42. The fraction of sp³-hybridized carbons (Fsp3) is 0.923. The van der Waals surface area contributed by atoms with E-state index in [1.165, 1.54) is 32.1 Å². The maximum atomic E-state index is 11.7. The number of nitrogens with zero attached hydrogens (tertiary/aromatic N) is 2. The van der Waals surface area contributed by atoms with Crippen molar-refractivity contribution in [2.24, 2.45) is 5.73 Å². The lowest BCUT2D eigenvalue weighted by atomic mass is 9.94. The zero-order valence-electron chi connectivity index (χ0n) is 10.7. The number of carbonyl (C=O) groups excluding carboxylic acids is 1. The van der Waals surface area contributed by atoms with E-state index in [4.69, 9.17) is 5.73 Å². The number of carbonyl (C=O) groups is 1. The summed E-state index contributed by atoms with van der Waals surface area (Å²) < 4.78 is 0. The minimum Gasteiger partial charge on any atom is -0.340 e. The molecule has 17 heavy (non-hydrogen) atoms.